The molecular formula is C24H26Br2F10N6O5S2. The number of aryl methyl sites for hydroxylation is 2. The lowest BCUT2D eigenvalue weighted by Gasteiger charge is -2.19. The zero-order valence-corrected chi connectivity index (χ0v) is 30.6. The van der Waals surface area contributed by atoms with Crippen molar-refractivity contribution in [3.63, 3.8) is 0 Å². The second kappa shape index (κ2) is 15.1. The van der Waals surface area contributed by atoms with Crippen LogP contribution in [0.4, 0.5) is 43.9 Å². The number of ether oxygens (including phenoxy) is 2. The molecule has 278 valence electrons. The van der Waals surface area contributed by atoms with Gasteiger partial charge in [-0.05, 0) is 27.7 Å². The van der Waals surface area contributed by atoms with E-state index in [-0.39, 0.29) is 15.6 Å². The first-order chi connectivity index (χ1) is 22.3. The van der Waals surface area contributed by atoms with Crippen LogP contribution in [0.25, 0.3) is 0 Å². The summed E-state index contributed by atoms with van der Waals surface area (Å²) in [6, 6.07) is 0. The average molecular weight is 892 g/mol. The van der Waals surface area contributed by atoms with E-state index in [2.05, 4.69) is 61.8 Å². The number of halogens is 12. The van der Waals surface area contributed by atoms with E-state index in [1.165, 1.54) is 0 Å². The lowest BCUT2D eigenvalue weighted by molar-refractivity contribution is -0.142. The molecule has 0 spiro atoms. The highest BCUT2D eigenvalue weighted by Gasteiger charge is 2.45. The van der Waals surface area contributed by atoms with Crippen LogP contribution in [0.1, 0.15) is 50.2 Å². The Morgan fingerprint density at radius 3 is 1.63 bits per heavy atom. The van der Waals surface area contributed by atoms with Gasteiger partial charge in [0.15, 0.2) is 27.6 Å². The van der Waals surface area contributed by atoms with Gasteiger partial charge in [0.05, 0.1) is 27.7 Å². The van der Waals surface area contributed by atoms with Crippen LogP contribution in [-0.4, -0.2) is 67.9 Å². The Morgan fingerprint density at radius 2 is 1.24 bits per heavy atom. The van der Waals surface area contributed by atoms with Gasteiger partial charge in [0.2, 0.25) is 11.8 Å². The molecule has 0 fully saturated rings. The third kappa shape index (κ3) is 9.74. The highest BCUT2D eigenvalue weighted by Crippen LogP contribution is 2.41. The van der Waals surface area contributed by atoms with Crippen molar-refractivity contribution in [1.82, 2.24) is 19.6 Å². The van der Waals surface area contributed by atoms with Crippen LogP contribution >= 0.6 is 43.6 Å². The highest BCUT2D eigenvalue weighted by molar-refractivity contribution is 9.10. The Balaban J connectivity index is 0.000000266. The van der Waals surface area contributed by atoms with Gasteiger partial charge in [-0.25, -0.2) is 9.36 Å². The molecule has 49 heavy (non-hydrogen) atoms. The fourth-order valence-corrected chi connectivity index (χ4v) is 7.73. The molecule has 11 nitrogen and oxygen atoms in total. The van der Waals surface area contributed by atoms with Crippen LogP contribution in [0.15, 0.2) is 10.3 Å². The summed E-state index contributed by atoms with van der Waals surface area (Å²) in [6.45, 7) is 0.145. The normalized spacial score (nSPS) is 20.7. The Bertz CT molecular complexity index is 1600. The SMILES string of the molecule is Cn1nc(C(F)(F)F)c(CS(=O)C2=NOC(C)(C)C2Br)c1OC(F)F.Cn1nc(C(F)(F)F)c(CSC2=NOC(C)(C)C2Br)c1OC(F)F. The molecule has 0 bridgehead atoms. The molecule has 2 aliphatic rings. The van der Waals surface area contributed by atoms with Gasteiger partial charge in [-0.2, -0.15) is 54.1 Å². The molecule has 0 saturated heterocycles. The molecule has 2 aromatic rings. The summed E-state index contributed by atoms with van der Waals surface area (Å²) < 4.78 is 151. The summed E-state index contributed by atoms with van der Waals surface area (Å²) in [6.07, 6.45) is -9.72. The molecule has 4 heterocycles. The lowest BCUT2D eigenvalue weighted by Crippen LogP contribution is -2.34. The Morgan fingerprint density at radius 1 is 0.816 bits per heavy atom. The molecular weight excluding hydrogens is 866 g/mol. The van der Waals surface area contributed by atoms with Crippen molar-refractivity contribution in [3.05, 3.63) is 22.5 Å². The lowest BCUT2D eigenvalue weighted by atomic mass is 10.1. The molecule has 2 aliphatic heterocycles. The van der Waals surface area contributed by atoms with Crippen molar-refractivity contribution >= 4 is 64.5 Å². The van der Waals surface area contributed by atoms with Crippen LogP contribution in [0.5, 0.6) is 11.8 Å². The molecule has 0 aromatic carbocycles. The Kier molecular flexibility index (Phi) is 12.7. The molecule has 0 N–H and O–H groups in total. The Labute approximate surface area is 294 Å². The number of nitrogens with zero attached hydrogens (tertiary/aromatic N) is 6. The molecule has 0 amide bonds. The maximum Gasteiger partial charge on any atom is 0.435 e. The number of thioether (sulfide) groups is 1. The Hall–Kier alpha value is -2.28. The van der Waals surface area contributed by atoms with Crippen molar-refractivity contribution in [3.8, 4) is 11.8 Å². The summed E-state index contributed by atoms with van der Waals surface area (Å²) in [5, 5.41) is 14.2. The van der Waals surface area contributed by atoms with Gasteiger partial charge in [-0.15, -0.1) is 11.8 Å². The summed E-state index contributed by atoms with van der Waals surface area (Å²) in [5.41, 5.74) is -5.42. The van der Waals surface area contributed by atoms with Crippen LogP contribution in [0, 0.1) is 0 Å². The molecule has 25 heteroatoms. The topological polar surface area (TPSA) is 114 Å². The van der Waals surface area contributed by atoms with Gasteiger partial charge in [0.25, 0.3) is 0 Å². The molecule has 0 radical (unpaired) electrons. The van der Waals surface area contributed by atoms with Crippen molar-refractivity contribution in [2.45, 2.75) is 85.6 Å². The highest BCUT2D eigenvalue weighted by atomic mass is 79.9. The monoisotopic (exact) mass is 890 g/mol. The van der Waals surface area contributed by atoms with E-state index in [9.17, 15) is 48.1 Å². The van der Waals surface area contributed by atoms with Gasteiger partial charge in [0.1, 0.15) is 14.7 Å². The third-order valence-corrected chi connectivity index (χ3v) is 12.4. The van der Waals surface area contributed by atoms with Crippen molar-refractivity contribution in [2.24, 2.45) is 24.4 Å². The van der Waals surface area contributed by atoms with Gasteiger partial charge in [-0.1, -0.05) is 42.2 Å². The maximum atomic E-state index is 13.1. The minimum absolute atomic E-state index is 0.0371. The summed E-state index contributed by atoms with van der Waals surface area (Å²) in [7, 11) is 0.0447. The fourth-order valence-electron chi connectivity index (χ4n) is 4.00. The van der Waals surface area contributed by atoms with Crippen LogP contribution in [-0.2, 0) is 58.4 Å². The average Bonchev–Trinajstić information content (AvgIpc) is 3.61. The minimum Gasteiger partial charge on any atom is -0.417 e. The zero-order chi connectivity index (χ0) is 37.4. The largest absolute Gasteiger partial charge is 0.435 e. The second-order valence-electron chi connectivity index (χ2n) is 11.0. The predicted octanol–water partition coefficient (Wildman–Crippen LogP) is 7.33. The van der Waals surface area contributed by atoms with Crippen molar-refractivity contribution in [2.75, 3.05) is 0 Å². The van der Waals surface area contributed by atoms with E-state index in [1.807, 2.05) is 0 Å². The van der Waals surface area contributed by atoms with Gasteiger partial charge >= 0.3 is 25.6 Å². The number of hydrogen-bond donors (Lipinski definition) is 0. The number of hydrogen-bond acceptors (Lipinski definition) is 10. The van der Waals surface area contributed by atoms with Gasteiger partial charge in [-0.3, -0.25) is 4.21 Å². The first-order valence-electron chi connectivity index (χ1n) is 13.2. The fraction of sp³-hybridized carbons (Fsp3) is 0.667. The predicted molar refractivity (Wildman–Crippen MR) is 163 cm³/mol. The standard InChI is InChI=1S/C12H13BrF5N3O3S.C12H13BrF5N3O2S/c1-11(2)6(13)8(20-24-11)25(22)4-5-7(12(16,17)18)19-21(3)9(5)23-10(14)15;1-11(2)6(13)8(20-23-11)24-4-5-7(12(16,17)18)19-21(3)9(5)22-10(14)15/h6,10H,4H2,1-3H3;6,10H,4H2,1-3H3. The van der Waals surface area contributed by atoms with Crippen LogP contribution in [0.2, 0.25) is 0 Å². The van der Waals surface area contributed by atoms with Crippen LogP contribution < -0.4 is 9.47 Å². The number of rotatable bonds is 8. The first kappa shape index (κ1) is 41.1. The van der Waals surface area contributed by atoms with Gasteiger partial charge < -0.3 is 19.1 Å². The van der Waals surface area contributed by atoms with E-state index in [0.29, 0.717) is 14.4 Å². The van der Waals surface area contributed by atoms with Crippen molar-refractivity contribution in [1.29, 1.82) is 0 Å². The maximum absolute atomic E-state index is 13.1. The molecule has 4 rings (SSSR count). The second-order valence-corrected chi connectivity index (χ2v) is 15.2. The number of alkyl halides is 12. The molecule has 2 aromatic heterocycles. The number of aromatic nitrogens is 4. The zero-order valence-electron chi connectivity index (χ0n) is 25.8. The van der Waals surface area contributed by atoms with E-state index in [0.717, 1.165) is 25.9 Å². The number of oxime groups is 2. The summed E-state index contributed by atoms with van der Waals surface area (Å²) in [5.74, 6) is -2.49. The summed E-state index contributed by atoms with van der Waals surface area (Å²) >= 11 is 7.50. The van der Waals surface area contributed by atoms with Crippen LogP contribution in [0.3, 0.4) is 0 Å². The van der Waals surface area contributed by atoms with Crippen molar-refractivity contribution < 1.29 is 67.3 Å². The molecule has 3 unspecified atom stereocenters. The van der Waals surface area contributed by atoms with E-state index < -0.39 is 92.4 Å². The van der Waals surface area contributed by atoms with E-state index in [1.54, 1.807) is 27.7 Å². The van der Waals surface area contributed by atoms with E-state index in [4.69, 9.17) is 9.68 Å². The molecule has 3 atom stereocenters. The van der Waals surface area contributed by atoms with E-state index >= 15 is 0 Å². The molecule has 0 saturated carbocycles. The minimum atomic E-state index is -4.93. The smallest absolute Gasteiger partial charge is 0.417 e. The van der Waals surface area contributed by atoms with Gasteiger partial charge in [0, 0.05) is 19.8 Å². The summed E-state index contributed by atoms with van der Waals surface area (Å²) in [4.78, 5) is 9.30. The quantitative estimate of drug-likeness (QED) is 0.200. The molecule has 0 aliphatic carbocycles. The first-order valence-corrected chi connectivity index (χ1v) is 17.4. The third-order valence-electron chi connectivity index (χ3n) is 6.38.